The molecule has 6 heteroatoms. The van der Waals surface area contributed by atoms with Gasteiger partial charge in [-0.2, -0.15) is 5.10 Å². The Morgan fingerprint density at radius 2 is 2.00 bits per heavy atom. The molecule has 4 aliphatic carbocycles. The summed E-state index contributed by atoms with van der Waals surface area (Å²) in [5.41, 5.74) is 0.679. The molecule has 26 heavy (non-hydrogen) atoms. The molecule has 4 aliphatic rings. The Kier molecular flexibility index (Phi) is 3.64. The maximum atomic E-state index is 13.3. The fraction of sp³-hybridized carbons (Fsp3) is 0.550. The highest BCUT2D eigenvalue weighted by Crippen LogP contribution is 2.64. The maximum Gasteiger partial charge on any atom is 0.226 e. The number of hydrogen-bond acceptors (Lipinski definition) is 3. The van der Waals surface area contributed by atoms with E-state index in [9.17, 15) is 4.79 Å². The summed E-state index contributed by atoms with van der Waals surface area (Å²) in [7, 11) is 0. The van der Waals surface area contributed by atoms with Gasteiger partial charge in [0.15, 0.2) is 0 Å². The second kappa shape index (κ2) is 5.81. The topological polar surface area (TPSA) is 59.8 Å². The Hall–Kier alpha value is -1.88. The highest BCUT2D eigenvalue weighted by atomic mass is 35.5. The first-order valence-corrected chi connectivity index (χ1v) is 9.83. The first-order chi connectivity index (χ1) is 12.6. The predicted octanol–water partition coefficient (Wildman–Crippen LogP) is 3.54. The van der Waals surface area contributed by atoms with Crippen LogP contribution in [0.25, 0.3) is 0 Å². The molecule has 0 aliphatic heterocycles. The van der Waals surface area contributed by atoms with E-state index in [1.807, 2.05) is 35.3 Å². The Labute approximate surface area is 158 Å². The van der Waals surface area contributed by atoms with E-state index in [-0.39, 0.29) is 16.9 Å². The van der Waals surface area contributed by atoms with E-state index in [4.69, 9.17) is 11.6 Å². The van der Waals surface area contributed by atoms with Crippen molar-refractivity contribution in [3.05, 3.63) is 47.5 Å². The van der Waals surface area contributed by atoms with Gasteiger partial charge in [0, 0.05) is 11.6 Å². The molecule has 6 rings (SSSR count). The van der Waals surface area contributed by atoms with E-state index < -0.39 is 0 Å². The highest BCUT2D eigenvalue weighted by molar-refractivity contribution is 6.31. The summed E-state index contributed by atoms with van der Waals surface area (Å²) in [6.45, 7) is 0.492. The molecule has 1 N–H and O–H groups in total. The summed E-state index contributed by atoms with van der Waals surface area (Å²) in [5.74, 6) is 1.43. The average Bonchev–Trinajstić information content (AvgIpc) is 3.15. The van der Waals surface area contributed by atoms with E-state index >= 15 is 0 Å². The monoisotopic (exact) mass is 370 g/mol. The van der Waals surface area contributed by atoms with Crippen molar-refractivity contribution >= 4 is 17.5 Å². The number of rotatable bonds is 4. The normalized spacial score (nSPS) is 34.8. The molecule has 0 spiro atoms. The fourth-order valence-electron chi connectivity index (χ4n) is 6.21. The molecule has 136 valence electrons. The molecule has 1 amide bonds. The van der Waals surface area contributed by atoms with Gasteiger partial charge in [0.05, 0.1) is 11.0 Å². The third kappa shape index (κ3) is 2.48. The standard InChI is InChI=1S/C20H23ClN4O/c21-17-4-2-1-3-16(17)10-23-18(26)19-6-14-5-15(7-19)9-20(8-14,11-19)25-13-22-12-24-25/h1-4,12-15H,5-11H2,(H,23,26)/t14-,15+,19?,20?. The molecule has 4 saturated carbocycles. The van der Waals surface area contributed by atoms with E-state index in [0.29, 0.717) is 23.4 Å². The number of hydrogen-bond donors (Lipinski definition) is 1. The minimum absolute atomic E-state index is 0.0255. The van der Waals surface area contributed by atoms with Crippen LogP contribution in [-0.4, -0.2) is 20.7 Å². The van der Waals surface area contributed by atoms with Crippen molar-refractivity contribution in [1.29, 1.82) is 0 Å². The van der Waals surface area contributed by atoms with Gasteiger partial charge in [-0.05, 0) is 62.0 Å². The zero-order valence-electron chi connectivity index (χ0n) is 14.7. The van der Waals surface area contributed by atoms with Crippen LogP contribution in [0.3, 0.4) is 0 Å². The molecule has 2 unspecified atom stereocenters. The number of benzene rings is 1. The van der Waals surface area contributed by atoms with Crippen molar-refractivity contribution < 1.29 is 4.79 Å². The smallest absolute Gasteiger partial charge is 0.226 e. The fourth-order valence-corrected chi connectivity index (χ4v) is 6.41. The third-order valence-corrected chi connectivity index (χ3v) is 7.18. The maximum absolute atomic E-state index is 13.3. The largest absolute Gasteiger partial charge is 0.351 e. The number of halogens is 1. The molecular weight excluding hydrogens is 348 g/mol. The van der Waals surface area contributed by atoms with Crippen LogP contribution in [0.4, 0.5) is 0 Å². The first kappa shape index (κ1) is 16.3. The number of amides is 1. The number of aromatic nitrogens is 3. The molecule has 5 nitrogen and oxygen atoms in total. The lowest BCUT2D eigenvalue weighted by Crippen LogP contribution is -2.61. The van der Waals surface area contributed by atoms with Crippen LogP contribution < -0.4 is 5.32 Å². The van der Waals surface area contributed by atoms with Gasteiger partial charge in [0.25, 0.3) is 0 Å². The van der Waals surface area contributed by atoms with Crippen molar-refractivity contribution in [2.24, 2.45) is 17.3 Å². The van der Waals surface area contributed by atoms with Gasteiger partial charge in [-0.15, -0.1) is 0 Å². The molecule has 1 aromatic heterocycles. The van der Waals surface area contributed by atoms with Crippen molar-refractivity contribution in [1.82, 2.24) is 20.1 Å². The van der Waals surface area contributed by atoms with E-state index in [2.05, 4.69) is 15.4 Å². The van der Waals surface area contributed by atoms with Crippen molar-refractivity contribution in [3.63, 3.8) is 0 Å². The zero-order chi connectivity index (χ0) is 17.8. The van der Waals surface area contributed by atoms with Crippen LogP contribution in [0, 0.1) is 17.3 Å². The molecule has 4 fully saturated rings. The van der Waals surface area contributed by atoms with Crippen LogP contribution in [0.15, 0.2) is 36.9 Å². The number of carbonyl (C=O) groups excluding carboxylic acids is 1. The zero-order valence-corrected chi connectivity index (χ0v) is 15.5. The van der Waals surface area contributed by atoms with E-state index in [1.54, 1.807) is 6.33 Å². The minimum Gasteiger partial charge on any atom is -0.351 e. The van der Waals surface area contributed by atoms with E-state index in [0.717, 1.165) is 37.7 Å². The average molecular weight is 371 g/mol. The number of nitrogens with zero attached hydrogens (tertiary/aromatic N) is 3. The summed E-state index contributed by atoms with van der Waals surface area (Å²) < 4.78 is 2.04. The quantitative estimate of drug-likeness (QED) is 0.895. The molecule has 2 aromatic rings. The lowest BCUT2D eigenvalue weighted by molar-refractivity contribution is -0.156. The van der Waals surface area contributed by atoms with Crippen LogP contribution >= 0.6 is 11.6 Å². The lowest BCUT2D eigenvalue weighted by atomic mass is 9.46. The van der Waals surface area contributed by atoms with Crippen molar-refractivity contribution in [2.75, 3.05) is 0 Å². The SMILES string of the molecule is O=C(NCc1ccccc1Cl)C12C[C@H]3C[C@@H](C1)CC(n1cncn1)(C3)C2. The van der Waals surface area contributed by atoms with Gasteiger partial charge >= 0.3 is 0 Å². The van der Waals surface area contributed by atoms with Gasteiger partial charge in [0.2, 0.25) is 5.91 Å². The van der Waals surface area contributed by atoms with Gasteiger partial charge in [0.1, 0.15) is 12.7 Å². The molecule has 0 radical (unpaired) electrons. The second-order valence-electron chi connectivity index (χ2n) is 8.58. The molecular formula is C20H23ClN4O. The van der Waals surface area contributed by atoms with E-state index in [1.165, 1.54) is 6.42 Å². The summed E-state index contributed by atoms with van der Waals surface area (Å²) in [6.07, 6.45) is 9.87. The van der Waals surface area contributed by atoms with Crippen LogP contribution in [0.1, 0.15) is 44.1 Å². The molecule has 0 saturated heterocycles. The molecule has 1 aromatic carbocycles. The summed E-state index contributed by atoms with van der Waals surface area (Å²) >= 11 is 6.25. The second-order valence-corrected chi connectivity index (χ2v) is 8.99. The van der Waals surface area contributed by atoms with Gasteiger partial charge in [-0.3, -0.25) is 4.79 Å². The van der Waals surface area contributed by atoms with Crippen molar-refractivity contribution in [2.45, 2.75) is 50.6 Å². The number of nitrogens with one attached hydrogen (secondary N) is 1. The van der Waals surface area contributed by atoms with Gasteiger partial charge < -0.3 is 5.32 Å². The third-order valence-electron chi connectivity index (χ3n) is 6.81. The number of carbonyl (C=O) groups is 1. The van der Waals surface area contributed by atoms with Gasteiger partial charge in [-0.1, -0.05) is 29.8 Å². The molecule has 1 heterocycles. The minimum atomic E-state index is -0.267. The lowest BCUT2D eigenvalue weighted by Gasteiger charge is -2.60. The Bertz CT molecular complexity index is 820. The Morgan fingerprint density at radius 1 is 1.23 bits per heavy atom. The van der Waals surface area contributed by atoms with Crippen LogP contribution in [0.5, 0.6) is 0 Å². The van der Waals surface area contributed by atoms with Crippen LogP contribution in [0.2, 0.25) is 5.02 Å². The van der Waals surface area contributed by atoms with Crippen molar-refractivity contribution in [3.8, 4) is 0 Å². The van der Waals surface area contributed by atoms with Crippen LogP contribution in [-0.2, 0) is 16.9 Å². The summed E-state index contributed by atoms with van der Waals surface area (Å²) in [6, 6.07) is 7.71. The summed E-state index contributed by atoms with van der Waals surface area (Å²) in [5, 5.41) is 8.35. The Balaban J connectivity index is 1.40. The molecule has 4 atom stereocenters. The Morgan fingerprint density at radius 3 is 2.69 bits per heavy atom. The predicted molar refractivity (Wildman–Crippen MR) is 98.4 cm³/mol. The van der Waals surface area contributed by atoms with Gasteiger partial charge in [-0.25, -0.2) is 9.67 Å². The molecule has 4 bridgehead atoms. The summed E-state index contributed by atoms with van der Waals surface area (Å²) in [4.78, 5) is 17.5. The first-order valence-electron chi connectivity index (χ1n) is 9.45. The highest BCUT2D eigenvalue weighted by Gasteiger charge is 2.61.